The van der Waals surface area contributed by atoms with Crippen molar-refractivity contribution in [2.45, 2.75) is 38.0 Å². The van der Waals surface area contributed by atoms with Gasteiger partial charge in [0.15, 0.2) is 0 Å². The topological polar surface area (TPSA) is 61.8 Å². The van der Waals surface area contributed by atoms with E-state index in [1.54, 1.807) is 0 Å². The van der Waals surface area contributed by atoms with Crippen LogP contribution < -0.4 is 5.32 Å². The van der Waals surface area contributed by atoms with Gasteiger partial charge in [-0.15, -0.1) is 11.3 Å². The summed E-state index contributed by atoms with van der Waals surface area (Å²) in [4.78, 5) is 16.3. The van der Waals surface area contributed by atoms with Gasteiger partial charge >= 0.3 is 0 Å². The number of amides is 1. The standard InChI is InChI=1S/C15H22N2O3S/c1-10-2-5-13(21-10)15(19)16-11-3-4-12(14(11)18)17-6-8-20-9-7-17/h2,5,11-12,14,18H,3-4,6-9H2,1H3,(H,16,19)/t11-,12-,14-/m1/s1. The number of hydrogen-bond donors (Lipinski definition) is 2. The zero-order valence-corrected chi connectivity index (χ0v) is 13.1. The van der Waals surface area contributed by atoms with E-state index < -0.39 is 6.10 Å². The van der Waals surface area contributed by atoms with Gasteiger partial charge in [0.1, 0.15) is 0 Å². The van der Waals surface area contributed by atoms with Gasteiger partial charge in [0, 0.05) is 24.0 Å². The van der Waals surface area contributed by atoms with E-state index in [-0.39, 0.29) is 18.0 Å². The molecule has 1 amide bonds. The van der Waals surface area contributed by atoms with Crippen LogP contribution in [-0.4, -0.2) is 60.4 Å². The Morgan fingerprint density at radius 1 is 1.38 bits per heavy atom. The Morgan fingerprint density at radius 3 is 2.81 bits per heavy atom. The first-order valence-electron chi connectivity index (χ1n) is 7.52. The van der Waals surface area contributed by atoms with Gasteiger partial charge in [0.05, 0.1) is 30.2 Å². The number of carbonyl (C=O) groups excluding carboxylic acids is 1. The molecule has 3 atom stereocenters. The van der Waals surface area contributed by atoms with E-state index in [2.05, 4.69) is 10.2 Å². The van der Waals surface area contributed by atoms with Crippen molar-refractivity contribution in [2.75, 3.05) is 26.3 Å². The van der Waals surface area contributed by atoms with Crippen molar-refractivity contribution in [1.29, 1.82) is 0 Å². The predicted molar refractivity (Wildman–Crippen MR) is 81.7 cm³/mol. The number of rotatable bonds is 3. The van der Waals surface area contributed by atoms with Gasteiger partial charge in [0.2, 0.25) is 0 Å². The molecule has 5 nitrogen and oxygen atoms in total. The molecule has 0 aromatic carbocycles. The van der Waals surface area contributed by atoms with Crippen LogP contribution in [0.2, 0.25) is 0 Å². The SMILES string of the molecule is Cc1ccc(C(=O)N[C@@H]2CC[C@@H](N3CCOCC3)[C@@H]2O)s1. The highest BCUT2D eigenvalue weighted by Gasteiger charge is 2.39. The van der Waals surface area contributed by atoms with E-state index in [4.69, 9.17) is 4.74 Å². The largest absolute Gasteiger partial charge is 0.389 e. The van der Waals surface area contributed by atoms with E-state index in [1.165, 1.54) is 11.3 Å². The van der Waals surface area contributed by atoms with Crippen molar-refractivity contribution in [2.24, 2.45) is 0 Å². The molecule has 2 aliphatic rings. The number of carbonyl (C=O) groups is 1. The van der Waals surface area contributed by atoms with Crippen molar-refractivity contribution >= 4 is 17.2 Å². The number of aliphatic hydroxyl groups excluding tert-OH is 1. The van der Waals surface area contributed by atoms with E-state index in [1.807, 2.05) is 19.1 Å². The monoisotopic (exact) mass is 310 g/mol. The number of nitrogens with one attached hydrogen (secondary N) is 1. The fraction of sp³-hybridized carbons (Fsp3) is 0.667. The van der Waals surface area contributed by atoms with Crippen molar-refractivity contribution in [1.82, 2.24) is 10.2 Å². The number of hydrogen-bond acceptors (Lipinski definition) is 5. The quantitative estimate of drug-likeness (QED) is 0.875. The molecule has 1 saturated carbocycles. The molecule has 2 N–H and O–H groups in total. The fourth-order valence-electron chi connectivity index (χ4n) is 3.22. The Labute approximate surface area is 128 Å². The van der Waals surface area contributed by atoms with Crippen molar-refractivity contribution in [3.63, 3.8) is 0 Å². The van der Waals surface area contributed by atoms with E-state index in [0.29, 0.717) is 0 Å². The molecule has 21 heavy (non-hydrogen) atoms. The third kappa shape index (κ3) is 3.29. The normalized spacial score (nSPS) is 30.5. The summed E-state index contributed by atoms with van der Waals surface area (Å²) in [6.07, 6.45) is 1.27. The average molecular weight is 310 g/mol. The Bertz CT molecular complexity index is 499. The summed E-state index contributed by atoms with van der Waals surface area (Å²) in [6, 6.07) is 3.79. The molecule has 0 bridgehead atoms. The molecule has 1 aliphatic heterocycles. The first kappa shape index (κ1) is 15.0. The van der Waals surface area contributed by atoms with E-state index >= 15 is 0 Å². The summed E-state index contributed by atoms with van der Waals surface area (Å²) >= 11 is 1.49. The van der Waals surface area contributed by atoms with E-state index in [0.717, 1.165) is 48.9 Å². The highest BCUT2D eigenvalue weighted by atomic mass is 32.1. The van der Waals surface area contributed by atoms with Crippen molar-refractivity contribution in [3.8, 4) is 0 Å². The Balaban J connectivity index is 1.58. The first-order valence-corrected chi connectivity index (χ1v) is 8.34. The predicted octanol–water partition coefficient (Wildman–Crippen LogP) is 1.01. The lowest BCUT2D eigenvalue weighted by molar-refractivity contribution is -0.0154. The van der Waals surface area contributed by atoms with Crippen LogP contribution in [0.25, 0.3) is 0 Å². The maximum Gasteiger partial charge on any atom is 0.261 e. The maximum atomic E-state index is 12.2. The van der Waals surface area contributed by atoms with Crippen LogP contribution in [0, 0.1) is 6.92 Å². The van der Waals surface area contributed by atoms with Crippen LogP contribution >= 0.6 is 11.3 Å². The van der Waals surface area contributed by atoms with E-state index in [9.17, 15) is 9.90 Å². The molecule has 0 radical (unpaired) electrons. The fourth-order valence-corrected chi connectivity index (χ4v) is 3.99. The molecule has 116 valence electrons. The molecular weight excluding hydrogens is 288 g/mol. The van der Waals surface area contributed by atoms with Crippen LogP contribution in [0.3, 0.4) is 0 Å². The molecule has 2 fully saturated rings. The second-order valence-corrected chi connectivity index (χ2v) is 7.06. The lowest BCUT2D eigenvalue weighted by atomic mass is 10.1. The molecular formula is C15H22N2O3S. The second kappa shape index (κ2) is 6.44. The van der Waals surface area contributed by atoms with Gasteiger partial charge in [-0.1, -0.05) is 0 Å². The Kier molecular flexibility index (Phi) is 4.59. The number of aliphatic hydroxyl groups is 1. The maximum absolute atomic E-state index is 12.2. The molecule has 1 aromatic heterocycles. The molecule has 0 unspecified atom stereocenters. The number of aryl methyl sites for hydroxylation is 1. The van der Waals surface area contributed by atoms with Crippen LogP contribution in [-0.2, 0) is 4.74 Å². The minimum Gasteiger partial charge on any atom is -0.389 e. The van der Waals surface area contributed by atoms with Crippen LogP contribution in [0.15, 0.2) is 12.1 Å². The van der Waals surface area contributed by atoms with Gasteiger partial charge in [-0.05, 0) is 31.9 Å². The minimum absolute atomic E-state index is 0.0697. The molecule has 1 aromatic rings. The molecule has 6 heteroatoms. The van der Waals surface area contributed by atoms with Crippen LogP contribution in [0.4, 0.5) is 0 Å². The third-order valence-corrected chi connectivity index (χ3v) is 5.37. The Hall–Kier alpha value is -0.950. The average Bonchev–Trinajstić information content (AvgIpc) is 3.07. The molecule has 3 rings (SSSR count). The molecule has 1 saturated heterocycles. The lowest BCUT2D eigenvalue weighted by Gasteiger charge is -2.34. The third-order valence-electron chi connectivity index (χ3n) is 4.38. The van der Waals surface area contributed by atoms with Crippen LogP contribution in [0.5, 0.6) is 0 Å². The van der Waals surface area contributed by atoms with Crippen molar-refractivity contribution < 1.29 is 14.6 Å². The van der Waals surface area contributed by atoms with Gasteiger partial charge in [-0.25, -0.2) is 0 Å². The zero-order chi connectivity index (χ0) is 14.8. The Morgan fingerprint density at radius 2 is 2.14 bits per heavy atom. The van der Waals surface area contributed by atoms with Gasteiger partial charge in [-0.3, -0.25) is 9.69 Å². The summed E-state index contributed by atoms with van der Waals surface area (Å²) in [6.45, 7) is 5.18. The molecule has 2 heterocycles. The van der Waals surface area contributed by atoms with Gasteiger partial charge in [-0.2, -0.15) is 0 Å². The highest BCUT2D eigenvalue weighted by molar-refractivity contribution is 7.13. The number of nitrogens with zero attached hydrogens (tertiary/aromatic N) is 1. The smallest absolute Gasteiger partial charge is 0.261 e. The van der Waals surface area contributed by atoms with Crippen LogP contribution in [0.1, 0.15) is 27.4 Å². The van der Waals surface area contributed by atoms with Crippen molar-refractivity contribution in [3.05, 3.63) is 21.9 Å². The molecule has 0 spiro atoms. The number of morpholine rings is 1. The summed E-state index contributed by atoms with van der Waals surface area (Å²) in [7, 11) is 0. The zero-order valence-electron chi connectivity index (χ0n) is 12.2. The number of thiophene rings is 1. The first-order chi connectivity index (χ1) is 10.1. The highest BCUT2D eigenvalue weighted by Crippen LogP contribution is 2.26. The minimum atomic E-state index is -0.492. The lowest BCUT2D eigenvalue weighted by Crippen LogP contribution is -2.51. The van der Waals surface area contributed by atoms with Gasteiger partial charge < -0.3 is 15.2 Å². The summed E-state index contributed by atoms with van der Waals surface area (Å²) in [5, 5.41) is 13.5. The summed E-state index contributed by atoms with van der Waals surface area (Å²) in [5.74, 6) is -0.0697. The second-order valence-electron chi connectivity index (χ2n) is 5.77. The summed E-state index contributed by atoms with van der Waals surface area (Å²) < 4.78 is 5.35. The summed E-state index contributed by atoms with van der Waals surface area (Å²) in [5.41, 5.74) is 0. The molecule has 1 aliphatic carbocycles. The number of ether oxygens (including phenoxy) is 1. The van der Waals surface area contributed by atoms with Gasteiger partial charge in [0.25, 0.3) is 5.91 Å².